The molecule has 0 fully saturated rings. The number of carbonyl (C=O) groups is 1. The normalized spacial score (nSPS) is 12.7. The number of rotatable bonds is 4. The summed E-state index contributed by atoms with van der Waals surface area (Å²) in [4.78, 5) is 13.0. The number of fused-ring (bicyclic) bond motifs is 1. The summed E-state index contributed by atoms with van der Waals surface area (Å²) in [5, 5.41) is 15.0. The molecular weight excluding hydrogens is 373 g/mol. The summed E-state index contributed by atoms with van der Waals surface area (Å²) >= 11 is 0. The van der Waals surface area contributed by atoms with Crippen molar-refractivity contribution in [3.05, 3.63) is 77.7 Å². The average molecular weight is 389 g/mol. The molecule has 1 aliphatic rings. The quantitative estimate of drug-likeness (QED) is 0.574. The minimum absolute atomic E-state index is 0.285. The zero-order valence-corrected chi connectivity index (χ0v) is 15.3. The first-order valence-corrected chi connectivity index (χ1v) is 9.24. The lowest BCUT2D eigenvalue weighted by molar-refractivity contribution is 0.102. The van der Waals surface area contributed by atoms with Crippen molar-refractivity contribution in [2.24, 2.45) is 0 Å². The molecule has 0 bridgehead atoms. The Labute approximate surface area is 165 Å². The van der Waals surface area contributed by atoms with Gasteiger partial charge in [0.15, 0.2) is 5.69 Å². The summed E-state index contributed by atoms with van der Waals surface area (Å²) in [6.45, 7) is 0. The van der Waals surface area contributed by atoms with Crippen molar-refractivity contribution in [1.29, 1.82) is 0 Å². The fraction of sp³-hybridized carbons (Fsp3) is 0.143. The molecule has 7 nitrogen and oxygen atoms in total. The summed E-state index contributed by atoms with van der Waals surface area (Å²) in [6.07, 6.45) is 3.84. The summed E-state index contributed by atoms with van der Waals surface area (Å²) in [5.41, 5.74) is 4.39. The molecule has 0 atom stereocenters. The Bertz CT molecular complexity index is 1180. The van der Waals surface area contributed by atoms with Crippen LogP contribution in [0.5, 0.6) is 0 Å². The first-order chi connectivity index (χ1) is 14.2. The van der Waals surface area contributed by atoms with E-state index in [0.717, 1.165) is 36.2 Å². The van der Waals surface area contributed by atoms with Gasteiger partial charge in [0.2, 0.25) is 12.3 Å². The summed E-state index contributed by atoms with van der Waals surface area (Å²) in [7, 11) is 0. The third-order valence-electron chi connectivity index (χ3n) is 4.94. The minimum Gasteiger partial charge on any atom is -0.423 e. The third-order valence-corrected chi connectivity index (χ3v) is 4.94. The molecule has 29 heavy (non-hydrogen) atoms. The van der Waals surface area contributed by atoms with Crippen LogP contribution in [0.1, 0.15) is 28.2 Å². The Morgan fingerprint density at radius 3 is 2.79 bits per heavy atom. The van der Waals surface area contributed by atoms with Gasteiger partial charge in [-0.1, -0.05) is 6.07 Å². The number of carbonyl (C=O) groups excluding carboxylic acids is 1. The predicted octanol–water partition coefficient (Wildman–Crippen LogP) is 3.80. The molecule has 0 saturated heterocycles. The van der Waals surface area contributed by atoms with Gasteiger partial charge < -0.3 is 9.73 Å². The van der Waals surface area contributed by atoms with Crippen LogP contribution in [0.25, 0.3) is 17.1 Å². The zero-order chi connectivity index (χ0) is 19.8. The smallest absolute Gasteiger partial charge is 0.276 e. The highest BCUT2D eigenvalue weighted by Gasteiger charge is 2.27. The van der Waals surface area contributed by atoms with Crippen LogP contribution in [0.3, 0.4) is 0 Å². The van der Waals surface area contributed by atoms with Gasteiger partial charge in [-0.25, -0.2) is 9.07 Å². The van der Waals surface area contributed by atoms with E-state index in [-0.39, 0.29) is 11.7 Å². The molecule has 0 unspecified atom stereocenters. The first kappa shape index (κ1) is 17.3. The van der Waals surface area contributed by atoms with Gasteiger partial charge in [-0.05, 0) is 61.7 Å². The predicted molar refractivity (Wildman–Crippen MR) is 103 cm³/mol. The van der Waals surface area contributed by atoms with Gasteiger partial charge in [0.25, 0.3) is 5.91 Å². The van der Waals surface area contributed by atoms with Crippen molar-refractivity contribution in [3.63, 3.8) is 0 Å². The first-order valence-electron chi connectivity index (χ1n) is 9.24. The Balaban J connectivity index is 1.46. The molecular formula is C21H16FN5O2. The van der Waals surface area contributed by atoms with E-state index in [1.807, 2.05) is 6.07 Å². The number of nitrogens with one attached hydrogen (secondary N) is 1. The van der Waals surface area contributed by atoms with Crippen molar-refractivity contribution < 1.29 is 13.6 Å². The van der Waals surface area contributed by atoms with E-state index < -0.39 is 0 Å². The second-order valence-electron chi connectivity index (χ2n) is 6.79. The maximum absolute atomic E-state index is 13.3. The van der Waals surface area contributed by atoms with Crippen LogP contribution in [0.4, 0.5) is 10.1 Å². The third kappa shape index (κ3) is 3.18. The van der Waals surface area contributed by atoms with Gasteiger partial charge in [-0.3, -0.25) is 4.79 Å². The maximum atomic E-state index is 13.3. The number of hydrogen-bond acceptors (Lipinski definition) is 5. The van der Waals surface area contributed by atoms with Gasteiger partial charge in [0.1, 0.15) is 5.82 Å². The molecule has 1 N–H and O–H groups in total. The Hall–Kier alpha value is -3.81. The number of amides is 1. The van der Waals surface area contributed by atoms with Crippen LogP contribution in [0.2, 0.25) is 0 Å². The molecule has 0 radical (unpaired) electrons. The molecule has 2 aromatic heterocycles. The highest BCUT2D eigenvalue weighted by molar-refractivity contribution is 6.04. The SMILES string of the molecule is O=C(Nc1cccc(-c2nnco2)c1)c1nn(-c2ccc(F)cc2)c2c1CCC2. The topological polar surface area (TPSA) is 85.8 Å². The number of anilines is 1. The molecule has 2 heterocycles. The summed E-state index contributed by atoms with van der Waals surface area (Å²) in [5.74, 6) is -0.217. The van der Waals surface area contributed by atoms with E-state index >= 15 is 0 Å². The van der Waals surface area contributed by atoms with Crippen LogP contribution >= 0.6 is 0 Å². The average Bonchev–Trinajstić information content (AvgIpc) is 3.47. The van der Waals surface area contributed by atoms with Crippen LogP contribution < -0.4 is 5.32 Å². The Kier molecular flexibility index (Phi) is 4.16. The van der Waals surface area contributed by atoms with Crippen LogP contribution in [0.15, 0.2) is 59.3 Å². The number of aromatic nitrogens is 4. The second-order valence-corrected chi connectivity index (χ2v) is 6.79. The van der Waals surface area contributed by atoms with Crippen LogP contribution in [-0.2, 0) is 12.8 Å². The van der Waals surface area contributed by atoms with E-state index in [4.69, 9.17) is 4.42 Å². The number of halogens is 1. The largest absolute Gasteiger partial charge is 0.423 e. The van der Waals surface area contributed by atoms with Crippen LogP contribution in [-0.4, -0.2) is 25.9 Å². The molecule has 4 aromatic rings. The van der Waals surface area contributed by atoms with E-state index in [1.54, 1.807) is 35.0 Å². The lowest BCUT2D eigenvalue weighted by Gasteiger charge is -2.06. The number of hydrogen-bond donors (Lipinski definition) is 1. The van der Waals surface area contributed by atoms with Gasteiger partial charge in [-0.15, -0.1) is 10.2 Å². The highest BCUT2D eigenvalue weighted by Crippen LogP contribution is 2.29. The maximum Gasteiger partial charge on any atom is 0.276 e. The van der Waals surface area contributed by atoms with Crippen molar-refractivity contribution >= 4 is 11.6 Å². The van der Waals surface area contributed by atoms with E-state index in [0.29, 0.717) is 22.8 Å². The lowest BCUT2D eigenvalue weighted by atomic mass is 10.1. The molecule has 5 rings (SSSR count). The van der Waals surface area contributed by atoms with Gasteiger partial charge >= 0.3 is 0 Å². The number of benzene rings is 2. The standard InChI is InChI=1S/C21H16FN5O2/c22-14-7-9-16(10-8-14)27-18-6-2-5-17(18)19(26-27)20(28)24-15-4-1-3-13(11-15)21-25-23-12-29-21/h1,3-4,7-12H,2,5-6H2,(H,24,28). The highest BCUT2D eigenvalue weighted by atomic mass is 19.1. The van der Waals surface area contributed by atoms with E-state index in [2.05, 4.69) is 20.6 Å². The Morgan fingerprint density at radius 2 is 2.00 bits per heavy atom. The van der Waals surface area contributed by atoms with Crippen LogP contribution in [0, 0.1) is 5.82 Å². The fourth-order valence-corrected chi connectivity index (χ4v) is 3.63. The molecule has 1 aliphatic carbocycles. The lowest BCUT2D eigenvalue weighted by Crippen LogP contribution is -2.15. The van der Waals surface area contributed by atoms with Gasteiger partial charge in [0, 0.05) is 22.5 Å². The molecule has 0 saturated carbocycles. The van der Waals surface area contributed by atoms with E-state index in [1.165, 1.54) is 18.5 Å². The summed E-state index contributed by atoms with van der Waals surface area (Å²) in [6, 6.07) is 13.3. The van der Waals surface area contributed by atoms with Crippen molar-refractivity contribution in [2.75, 3.05) is 5.32 Å². The second kappa shape index (κ2) is 6.97. The molecule has 1 amide bonds. The fourth-order valence-electron chi connectivity index (χ4n) is 3.63. The molecule has 0 aliphatic heterocycles. The zero-order valence-electron chi connectivity index (χ0n) is 15.3. The van der Waals surface area contributed by atoms with Gasteiger partial charge in [0.05, 0.1) is 5.69 Å². The molecule has 0 spiro atoms. The molecule has 8 heteroatoms. The van der Waals surface area contributed by atoms with Gasteiger partial charge in [-0.2, -0.15) is 5.10 Å². The minimum atomic E-state index is -0.309. The molecule has 2 aromatic carbocycles. The number of nitrogens with zero attached hydrogens (tertiary/aromatic N) is 4. The summed E-state index contributed by atoms with van der Waals surface area (Å²) < 4.78 is 20.2. The van der Waals surface area contributed by atoms with Crippen molar-refractivity contribution in [2.45, 2.75) is 19.3 Å². The monoisotopic (exact) mass is 389 g/mol. The van der Waals surface area contributed by atoms with Crippen molar-refractivity contribution in [1.82, 2.24) is 20.0 Å². The Morgan fingerprint density at radius 1 is 1.14 bits per heavy atom. The van der Waals surface area contributed by atoms with Crippen molar-refractivity contribution in [3.8, 4) is 17.1 Å². The molecule has 144 valence electrons. The van der Waals surface area contributed by atoms with E-state index in [9.17, 15) is 9.18 Å².